The van der Waals surface area contributed by atoms with Crippen molar-refractivity contribution in [2.24, 2.45) is 4.99 Å². The summed E-state index contributed by atoms with van der Waals surface area (Å²) in [5, 5.41) is 13.5. The molecule has 0 amide bonds. The first kappa shape index (κ1) is 25.0. The fourth-order valence-electron chi connectivity index (χ4n) is 4.50. The van der Waals surface area contributed by atoms with Gasteiger partial charge in [-0.3, -0.25) is 4.99 Å². The molecule has 11 heteroatoms. The van der Waals surface area contributed by atoms with E-state index in [2.05, 4.69) is 51.1 Å². The van der Waals surface area contributed by atoms with Crippen molar-refractivity contribution in [2.75, 3.05) is 50.9 Å². The van der Waals surface area contributed by atoms with E-state index in [9.17, 15) is 0 Å². The lowest BCUT2D eigenvalue weighted by Gasteiger charge is -2.36. The quantitative estimate of drug-likeness (QED) is 0.179. The van der Waals surface area contributed by atoms with Gasteiger partial charge in [-0.25, -0.2) is 9.97 Å². The summed E-state index contributed by atoms with van der Waals surface area (Å²) < 4.78 is 2.40. The van der Waals surface area contributed by atoms with Gasteiger partial charge in [0.25, 0.3) is 0 Å². The van der Waals surface area contributed by atoms with Gasteiger partial charge in [0, 0.05) is 64.6 Å². The number of rotatable bonds is 7. The topological polar surface area (TPSA) is 87.4 Å². The summed E-state index contributed by atoms with van der Waals surface area (Å²) >= 11 is 1.70. The maximum absolute atomic E-state index is 4.50. The maximum atomic E-state index is 4.50. The average Bonchev–Trinajstić information content (AvgIpc) is 3.49. The molecule has 0 atom stereocenters. The van der Waals surface area contributed by atoms with Crippen molar-refractivity contribution in [1.29, 1.82) is 0 Å². The number of thioether (sulfide) groups is 1. The van der Waals surface area contributed by atoms with Crippen molar-refractivity contribution in [3.8, 4) is 0 Å². The minimum Gasteiger partial charge on any atom is -0.356 e. The molecule has 1 aliphatic carbocycles. The zero-order chi connectivity index (χ0) is 21.5. The smallest absolute Gasteiger partial charge is 0.225 e. The molecule has 2 aromatic rings. The third-order valence-corrected chi connectivity index (χ3v) is 6.74. The van der Waals surface area contributed by atoms with Crippen LogP contribution in [-0.4, -0.2) is 81.6 Å². The normalized spacial score (nSPS) is 17.5. The van der Waals surface area contributed by atoms with Gasteiger partial charge in [0.05, 0.1) is 0 Å². The first-order valence-corrected chi connectivity index (χ1v) is 12.5. The van der Waals surface area contributed by atoms with Crippen molar-refractivity contribution >= 4 is 47.6 Å². The monoisotopic (exact) mass is 571 g/mol. The molecule has 9 nitrogen and oxygen atoms in total. The van der Waals surface area contributed by atoms with E-state index < -0.39 is 0 Å². The van der Waals surface area contributed by atoms with Gasteiger partial charge in [-0.05, 0) is 31.6 Å². The van der Waals surface area contributed by atoms with Crippen molar-refractivity contribution < 1.29 is 0 Å². The Bertz CT molecular complexity index is 846. The van der Waals surface area contributed by atoms with Gasteiger partial charge < -0.3 is 19.7 Å². The summed E-state index contributed by atoms with van der Waals surface area (Å²) in [6.07, 6.45) is 12.8. The zero-order valence-electron chi connectivity index (χ0n) is 19.0. The molecule has 2 aliphatic rings. The van der Waals surface area contributed by atoms with Crippen LogP contribution in [0.15, 0.2) is 28.6 Å². The summed E-state index contributed by atoms with van der Waals surface area (Å²) in [5.41, 5.74) is 0. The Morgan fingerprint density at radius 2 is 1.84 bits per heavy atom. The maximum Gasteiger partial charge on any atom is 0.225 e. The van der Waals surface area contributed by atoms with Crippen molar-refractivity contribution in [3.05, 3.63) is 24.3 Å². The lowest BCUT2D eigenvalue weighted by molar-refractivity contribution is 0.370. The number of aryl methyl sites for hydroxylation is 1. The van der Waals surface area contributed by atoms with Crippen LogP contribution >= 0.6 is 35.7 Å². The predicted molar refractivity (Wildman–Crippen MR) is 140 cm³/mol. The van der Waals surface area contributed by atoms with E-state index >= 15 is 0 Å². The number of piperazine rings is 1. The minimum absolute atomic E-state index is 0. The number of halogens is 1. The molecule has 2 fully saturated rings. The SMILES string of the molecule is CN=C(NCCCc1nnc(SC)n1C1CCCC1)N1CCN(c2ncccn2)CC1.I. The fourth-order valence-corrected chi connectivity index (χ4v) is 5.07. The van der Waals surface area contributed by atoms with E-state index in [1.54, 1.807) is 24.2 Å². The molecular formula is C21H34IN9S. The zero-order valence-corrected chi connectivity index (χ0v) is 22.1. The average molecular weight is 572 g/mol. The van der Waals surface area contributed by atoms with E-state index in [1.165, 1.54) is 25.7 Å². The Morgan fingerprint density at radius 1 is 1.12 bits per heavy atom. The number of nitrogens with one attached hydrogen (secondary N) is 1. The molecule has 0 spiro atoms. The minimum atomic E-state index is 0. The van der Waals surface area contributed by atoms with E-state index in [-0.39, 0.29) is 24.0 Å². The highest BCUT2D eigenvalue weighted by molar-refractivity contribution is 14.0. The van der Waals surface area contributed by atoms with E-state index in [1.807, 2.05) is 13.1 Å². The van der Waals surface area contributed by atoms with Crippen molar-refractivity contribution in [3.63, 3.8) is 0 Å². The lowest BCUT2D eigenvalue weighted by atomic mass is 10.2. The first-order chi connectivity index (χ1) is 15.3. The number of nitrogens with zero attached hydrogens (tertiary/aromatic N) is 8. The lowest BCUT2D eigenvalue weighted by Crippen LogP contribution is -2.53. The number of aliphatic imine (C=N–C) groups is 1. The number of aromatic nitrogens is 5. The predicted octanol–water partition coefficient (Wildman–Crippen LogP) is 2.85. The van der Waals surface area contributed by atoms with Crippen LogP contribution in [0.3, 0.4) is 0 Å². The fraction of sp³-hybridized carbons (Fsp3) is 0.667. The molecule has 1 saturated carbocycles. The summed E-state index contributed by atoms with van der Waals surface area (Å²) in [7, 11) is 1.86. The second-order valence-electron chi connectivity index (χ2n) is 8.01. The molecule has 1 N–H and O–H groups in total. The van der Waals surface area contributed by atoms with Crippen LogP contribution in [0.1, 0.15) is 44.0 Å². The Hall–Kier alpha value is -1.63. The highest BCUT2D eigenvalue weighted by atomic mass is 127. The largest absolute Gasteiger partial charge is 0.356 e. The summed E-state index contributed by atoms with van der Waals surface area (Å²) in [5.74, 6) is 2.90. The highest BCUT2D eigenvalue weighted by Crippen LogP contribution is 2.33. The van der Waals surface area contributed by atoms with Crippen LogP contribution in [0, 0.1) is 0 Å². The third-order valence-electron chi connectivity index (χ3n) is 6.09. The van der Waals surface area contributed by atoms with Gasteiger partial charge in [0.2, 0.25) is 5.95 Å². The van der Waals surface area contributed by atoms with Gasteiger partial charge >= 0.3 is 0 Å². The molecule has 0 unspecified atom stereocenters. The molecule has 0 bridgehead atoms. The van der Waals surface area contributed by atoms with Crippen molar-refractivity contribution in [1.82, 2.24) is 34.9 Å². The van der Waals surface area contributed by atoms with Crippen LogP contribution < -0.4 is 10.2 Å². The molecular weight excluding hydrogens is 537 g/mol. The summed E-state index contributed by atoms with van der Waals surface area (Å²) in [6.45, 7) is 4.48. The van der Waals surface area contributed by atoms with E-state index in [0.717, 1.165) is 68.5 Å². The Balaban J connectivity index is 0.00000289. The van der Waals surface area contributed by atoms with Gasteiger partial charge in [-0.15, -0.1) is 34.2 Å². The highest BCUT2D eigenvalue weighted by Gasteiger charge is 2.24. The van der Waals surface area contributed by atoms with Crippen LogP contribution in [0.4, 0.5) is 5.95 Å². The Kier molecular flexibility index (Phi) is 9.82. The first-order valence-electron chi connectivity index (χ1n) is 11.3. The second kappa shape index (κ2) is 12.6. The molecule has 3 heterocycles. The summed E-state index contributed by atoms with van der Waals surface area (Å²) in [4.78, 5) is 17.8. The summed E-state index contributed by atoms with van der Waals surface area (Å²) in [6, 6.07) is 2.43. The second-order valence-corrected chi connectivity index (χ2v) is 8.79. The molecule has 1 aliphatic heterocycles. The third kappa shape index (κ3) is 6.03. The van der Waals surface area contributed by atoms with Gasteiger partial charge in [0.15, 0.2) is 11.1 Å². The molecule has 32 heavy (non-hydrogen) atoms. The molecule has 1 saturated heterocycles. The number of hydrogen-bond donors (Lipinski definition) is 1. The van der Waals surface area contributed by atoms with Crippen LogP contribution in [0.5, 0.6) is 0 Å². The molecule has 176 valence electrons. The molecule has 4 rings (SSSR count). The van der Waals surface area contributed by atoms with Gasteiger partial charge in [0.1, 0.15) is 5.82 Å². The molecule has 2 aromatic heterocycles. The number of anilines is 1. The van der Waals surface area contributed by atoms with Crippen LogP contribution in [0.25, 0.3) is 0 Å². The molecule has 0 aromatic carbocycles. The van der Waals surface area contributed by atoms with Gasteiger partial charge in [-0.1, -0.05) is 24.6 Å². The number of guanidine groups is 1. The Morgan fingerprint density at radius 3 is 2.50 bits per heavy atom. The van der Waals surface area contributed by atoms with Crippen LogP contribution in [-0.2, 0) is 6.42 Å². The van der Waals surface area contributed by atoms with Crippen LogP contribution in [0.2, 0.25) is 0 Å². The van der Waals surface area contributed by atoms with Gasteiger partial charge in [-0.2, -0.15) is 0 Å². The standard InChI is InChI=1S/C21H33N9S.HI/c1-22-19(28-13-15-29(16-14-28)20-24-11-6-12-25-20)23-10-5-9-18-26-27-21(31-2)30(18)17-7-3-4-8-17;/h6,11-12,17H,3-5,7-10,13-16H2,1-2H3,(H,22,23);1H. The van der Waals surface area contributed by atoms with Crippen molar-refractivity contribution in [2.45, 2.75) is 49.7 Å². The van der Waals surface area contributed by atoms with E-state index in [0.29, 0.717) is 6.04 Å². The Labute approximate surface area is 211 Å². The van der Waals surface area contributed by atoms with E-state index in [4.69, 9.17) is 0 Å². The molecule has 0 radical (unpaired) electrons. The number of hydrogen-bond acceptors (Lipinski definition) is 7.